The van der Waals surface area contributed by atoms with Crippen molar-refractivity contribution in [1.82, 2.24) is 24.6 Å². The van der Waals surface area contributed by atoms with Crippen molar-refractivity contribution in [2.75, 3.05) is 26.1 Å². The highest BCUT2D eigenvalue weighted by molar-refractivity contribution is 5.44. The number of fused-ring (bicyclic) bond motifs is 1. The molecule has 3 aromatic heterocycles. The number of anilines is 1. The van der Waals surface area contributed by atoms with Crippen LogP contribution in [0.1, 0.15) is 49.9 Å². The van der Waals surface area contributed by atoms with Gasteiger partial charge in [-0.15, -0.1) is 10.2 Å². The summed E-state index contributed by atoms with van der Waals surface area (Å²) in [4.78, 5) is 7.95. The Morgan fingerprint density at radius 3 is 2.79 bits per heavy atom. The second kappa shape index (κ2) is 10.00. The van der Waals surface area contributed by atoms with Crippen molar-refractivity contribution in [3.05, 3.63) is 35.9 Å². The lowest BCUT2D eigenvalue weighted by atomic mass is 9.85. The first kappa shape index (κ1) is 24.0. The number of nitrogens with zero attached hydrogens (tertiary/aromatic N) is 5. The molecule has 0 aliphatic heterocycles. The quantitative estimate of drug-likeness (QED) is 0.515. The van der Waals surface area contributed by atoms with Gasteiger partial charge >= 0.3 is 6.18 Å². The first-order valence-corrected chi connectivity index (χ1v) is 11.0. The molecule has 3 aromatic rings. The number of methoxy groups -OCH3 is 2. The summed E-state index contributed by atoms with van der Waals surface area (Å²) >= 11 is 0. The summed E-state index contributed by atoms with van der Waals surface area (Å²) < 4.78 is 57.8. The predicted molar refractivity (Wildman–Crippen MR) is 117 cm³/mol. The molecule has 3 atom stereocenters. The highest BCUT2D eigenvalue weighted by Crippen LogP contribution is 2.37. The van der Waals surface area contributed by atoms with E-state index in [0.717, 1.165) is 31.3 Å². The Morgan fingerprint density at radius 1 is 1.24 bits per heavy atom. The molecule has 0 aromatic carbocycles. The van der Waals surface area contributed by atoms with Crippen molar-refractivity contribution in [3.8, 4) is 11.6 Å². The molecular formula is C22H27F3N6O3. The lowest BCUT2D eigenvalue weighted by Crippen LogP contribution is -2.28. The van der Waals surface area contributed by atoms with Gasteiger partial charge in [-0.05, 0) is 32.3 Å². The van der Waals surface area contributed by atoms with E-state index in [1.165, 1.54) is 7.11 Å². The number of ether oxygens (including phenoxy) is 3. The molecular weight excluding hydrogens is 453 g/mol. The highest BCUT2D eigenvalue weighted by Gasteiger charge is 2.37. The molecule has 9 nitrogen and oxygen atoms in total. The van der Waals surface area contributed by atoms with E-state index in [-0.39, 0.29) is 24.5 Å². The average Bonchev–Trinajstić information content (AvgIpc) is 3.22. The molecule has 1 fully saturated rings. The van der Waals surface area contributed by atoms with Crippen LogP contribution in [0.5, 0.6) is 11.6 Å². The van der Waals surface area contributed by atoms with E-state index in [4.69, 9.17) is 14.2 Å². The number of pyridine rings is 1. The largest absolute Gasteiger partial charge is 0.497 e. The molecule has 12 heteroatoms. The maximum Gasteiger partial charge on any atom is 0.423 e. The minimum absolute atomic E-state index is 0.0367. The van der Waals surface area contributed by atoms with Gasteiger partial charge in [0, 0.05) is 37.5 Å². The number of hydrogen-bond acceptors (Lipinski definition) is 8. The molecule has 0 amide bonds. The van der Waals surface area contributed by atoms with E-state index < -0.39 is 23.7 Å². The van der Waals surface area contributed by atoms with Crippen LogP contribution in [0, 0.1) is 0 Å². The molecule has 1 aliphatic rings. The summed E-state index contributed by atoms with van der Waals surface area (Å²) in [5.41, 5.74) is -0.324. The molecule has 1 saturated carbocycles. The van der Waals surface area contributed by atoms with E-state index in [1.807, 2.05) is 22.7 Å². The van der Waals surface area contributed by atoms with Crippen molar-refractivity contribution in [2.24, 2.45) is 0 Å². The van der Waals surface area contributed by atoms with Gasteiger partial charge in [0.05, 0.1) is 13.7 Å². The Balaban J connectivity index is 1.51. The third-order valence-electron chi connectivity index (χ3n) is 5.79. The van der Waals surface area contributed by atoms with Crippen molar-refractivity contribution in [2.45, 2.75) is 56.8 Å². The van der Waals surface area contributed by atoms with Crippen LogP contribution in [0.25, 0.3) is 5.65 Å². The van der Waals surface area contributed by atoms with Crippen LogP contribution in [0.2, 0.25) is 0 Å². The monoisotopic (exact) mass is 480 g/mol. The van der Waals surface area contributed by atoms with Crippen LogP contribution in [0.4, 0.5) is 19.1 Å². The van der Waals surface area contributed by atoms with Gasteiger partial charge in [0.2, 0.25) is 11.8 Å². The molecule has 0 saturated heterocycles. The number of hydrogen-bond donors (Lipinski definition) is 1. The normalized spacial score (nSPS) is 19.7. The zero-order valence-corrected chi connectivity index (χ0v) is 19.2. The summed E-state index contributed by atoms with van der Waals surface area (Å²) in [5, 5.41) is 11.8. The van der Waals surface area contributed by atoms with Crippen LogP contribution in [-0.4, -0.2) is 57.5 Å². The average molecular weight is 480 g/mol. The van der Waals surface area contributed by atoms with Gasteiger partial charge in [-0.3, -0.25) is 4.40 Å². The molecule has 1 N–H and O–H groups in total. The molecule has 0 bridgehead atoms. The third kappa shape index (κ3) is 5.32. The van der Waals surface area contributed by atoms with Crippen molar-refractivity contribution < 1.29 is 27.4 Å². The zero-order valence-electron chi connectivity index (χ0n) is 19.2. The minimum atomic E-state index is -4.63. The Bertz CT molecular complexity index is 1120. The van der Waals surface area contributed by atoms with Crippen LogP contribution in [0.3, 0.4) is 0 Å². The molecule has 0 unspecified atom stereocenters. The Kier molecular flexibility index (Phi) is 7.05. The molecule has 4 rings (SSSR count). The molecule has 34 heavy (non-hydrogen) atoms. The van der Waals surface area contributed by atoms with E-state index in [2.05, 4.69) is 25.5 Å². The SMILES string of the molecule is COC[C@@H](C)Oc1nc(N[C@@H]2CCC[C@H](c3nnc4cc(OC)ccn34)C2)ncc1C(F)(F)F. The van der Waals surface area contributed by atoms with E-state index in [1.54, 1.807) is 14.0 Å². The number of nitrogens with one attached hydrogen (secondary N) is 1. The highest BCUT2D eigenvalue weighted by atomic mass is 19.4. The number of alkyl halides is 3. The number of halogens is 3. The third-order valence-corrected chi connectivity index (χ3v) is 5.79. The lowest BCUT2D eigenvalue weighted by Gasteiger charge is -2.29. The minimum Gasteiger partial charge on any atom is -0.497 e. The van der Waals surface area contributed by atoms with Crippen molar-refractivity contribution >= 4 is 11.6 Å². The van der Waals surface area contributed by atoms with Gasteiger partial charge in [-0.2, -0.15) is 18.2 Å². The summed E-state index contributed by atoms with van der Waals surface area (Å²) in [6.07, 6.45) is 0.800. The van der Waals surface area contributed by atoms with Gasteiger partial charge in [0.15, 0.2) is 5.65 Å². The molecule has 1 aliphatic carbocycles. The van der Waals surface area contributed by atoms with Crippen molar-refractivity contribution in [1.29, 1.82) is 0 Å². The summed E-state index contributed by atoms with van der Waals surface area (Å²) in [5.74, 6) is 1.25. The first-order valence-electron chi connectivity index (χ1n) is 11.0. The van der Waals surface area contributed by atoms with Gasteiger partial charge in [-0.1, -0.05) is 6.42 Å². The second-order valence-electron chi connectivity index (χ2n) is 8.35. The second-order valence-corrected chi connectivity index (χ2v) is 8.35. The molecule has 0 spiro atoms. The van der Waals surface area contributed by atoms with Gasteiger partial charge in [0.1, 0.15) is 23.2 Å². The maximum absolute atomic E-state index is 13.4. The topological polar surface area (TPSA) is 95.7 Å². The number of rotatable bonds is 8. The molecule has 184 valence electrons. The Hall–Kier alpha value is -3.15. The number of aromatic nitrogens is 5. The summed E-state index contributed by atoms with van der Waals surface area (Å²) in [7, 11) is 3.05. The zero-order chi connectivity index (χ0) is 24.3. The van der Waals surface area contributed by atoms with Crippen LogP contribution in [-0.2, 0) is 10.9 Å². The maximum atomic E-state index is 13.4. The fourth-order valence-corrected chi connectivity index (χ4v) is 4.21. The lowest BCUT2D eigenvalue weighted by molar-refractivity contribution is -0.140. The Morgan fingerprint density at radius 2 is 2.06 bits per heavy atom. The van der Waals surface area contributed by atoms with Crippen molar-refractivity contribution in [3.63, 3.8) is 0 Å². The van der Waals surface area contributed by atoms with E-state index in [9.17, 15) is 13.2 Å². The fraction of sp³-hybridized carbons (Fsp3) is 0.545. The summed E-state index contributed by atoms with van der Waals surface area (Å²) in [6.45, 7) is 1.75. The van der Waals surface area contributed by atoms with E-state index >= 15 is 0 Å². The fourth-order valence-electron chi connectivity index (χ4n) is 4.21. The Labute approximate surface area is 194 Å². The van der Waals surface area contributed by atoms with Gasteiger partial charge in [-0.25, -0.2) is 4.98 Å². The standard InChI is InChI=1S/C22H27F3N6O3/c1-13(12-32-2)34-20-17(22(23,24)25)11-26-21(28-20)27-15-6-4-5-14(9-15)19-30-29-18-10-16(33-3)7-8-31(18)19/h7-8,10-11,13-15H,4-6,9,12H2,1-3H3,(H,26,27,28)/t13-,14+,15-/m1/s1. The van der Waals surface area contributed by atoms with E-state index in [0.29, 0.717) is 17.8 Å². The molecule has 0 radical (unpaired) electrons. The molecule has 3 heterocycles. The van der Waals surface area contributed by atoms with Crippen LogP contribution in [0.15, 0.2) is 24.5 Å². The van der Waals surface area contributed by atoms with Crippen LogP contribution >= 0.6 is 0 Å². The smallest absolute Gasteiger partial charge is 0.423 e. The van der Waals surface area contributed by atoms with Gasteiger partial charge < -0.3 is 19.5 Å². The first-order chi connectivity index (χ1) is 16.3. The van der Waals surface area contributed by atoms with Crippen LogP contribution < -0.4 is 14.8 Å². The summed E-state index contributed by atoms with van der Waals surface area (Å²) in [6, 6.07) is 3.63. The van der Waals surface area contributed by atoms with Gasteiger partial charge in [0.25, 0.3) is 0 Å². The predicted octanol–water partition coefficient (Wildman–Crippen LogP) is 4.10.